The van der Waals surface area contributed by atoms with Crippen molar-refractivity contribution in [2.45, 2.75) is 26.3 Å². The third-order valence-electron chi connectivity index (χ3n) is 4.69. The molecule has 4 rings (SSSR count). The first-order valence-corrected chi connectivity index (χ1v) is 9.35. The summed E-state index contributed by atoms with van der Waals surface area (Å²) in [6.45, 7) is 2.43. The third kappa shape index (κ3) is 3.40. The van der Waals surface area contributed by atoms with E-state index < -0.39 is 5.91 Å². The van der Waals surface area contributed by atoms with Crippen molar-refractivity contribution in [1.82, 2.24) is 14.8 Å². The topological polar surface area (TPSA) is 113 Å². The van der Waals surface area contributed by atoms with Crippen molar-refractivity contribution < 1.29 is 9.90 Å². The Labute approximate surface area is 165 Å². The van der Waals surface area contributed by atoms with Crippen LogP contribution in [-0.4, -0.2) is 25.8 Å². The van der Waals surface area contributed by atoms with E-state index >= 15 is 0 Å². The summed E-state index contributed by atoms with van der Waals surface area (Å²) in [6.07, 6.45) is 1.66. The van der Waals surface area contributed by atoms with Crippen molar-refractivity contribution in [2.24, 2.45) is 10.2 Å². The first-order valence-electron chi connectivity index (χ1n) is 9.35. The van der Waals surface area contributed by atoms with Crippen LogP contribution >= 0.6 is 0 Å². The Morgan fingerprint density at radius 2 is 1.79 bits per heavy atom. The van der Waals surface area contributed by atoms with Crippen molar-refractivity contribution in [1.29, 1.82) is 0 Å². The molecule has 0 saturated carbocycles. The fourth-order valence-corrected chi connectivity index (χ4v) is 3.21. The lowest BCUT2D eigenvalue weighted by molar-refractivity contribution is 0.0989. The van der Waals surface area contributed by atoms with Gasteiger partial charge in [0.05, 0.1) is 10.9 Å². The van der Waals surface area contributed by atoms with E-state index in [1.807, 2.05) is 13.0 Å². The van der Waals surface area contributed by atoms with E-state index in [0.29, 0.717) is 28.2 Å². The summed E-state index contributed by atoms with van der Waals surface area (Å²) in [6, 6.07) is 14.0. The Kier molecular flexibility index (Phi) is 4.90. The number of para-hydroxylation sites is 1. The van der Waals surface area contributed by atoms with Crippen LogP contribution in [0.3, 0.4) is 0 Å². The van der Waals surface area contributed by atoms with Gasteiger partial charge < -0.3 is 10.1 Å². The molecule has 146 valence electrons. The summed E-state index contributed by atoms with van der Waals surface area (Å²) in [5.41, 5.74) is 0.678. The molecule has 8 nitrogen and oxygen atoms in total. The number of amides is 1. The monoisotopic (exact) mass is 389 g/mol. The van der Waals surface area contributed by atoms with Gasteiger partial charge in [-0.3, -0.25) is 9.59 Å². The molecule has 1 amide bonds. The van der Waals surface area contributed by atoms with Crippen LogP contribution in [0.5, 0.6) is 5.88 Å². The second-order valence-electron chi connectivity index (χ2n) is 6.65. The molecule has 4 aromatic rings. The molecule has 0 aliphatic carbocycles. The Hall–Kier alpha value is -3.81. The molecule has 0 bridgehead atoms. The predicted octanol–water partition coefficient (Wildman–Crippen LogP) is 4.31. The van der Waals surface area contributed by atoms with Gasteiger partial charge in [-0.25, -0.2) is 4.68 Å². The van der Waals surface area contributed by atoms with Gasteiger partial charge in [-0.1, -0.05) is 49.7 Å². The van der Waals surface area contributed by atoms with Crippen LogP contribution in [0.2, 0.25) is 0 Å². The number of hydrogen-bond donors (Lipinski definition) is 2. The van der Waals surface area contributed by atoms with Gasteiger partial charge in [0.1, 0.15) is 0 Å². The number of rotatable bonds is 5. The fourth-order valence-electron chi connectivity index (χ4n) is 3.21. The maximum absolute atomic E-state index is 12.8. The second-order valence-corrected chi connectivity index (χ2v) is 6.65. The van der Waals surface area contributed by atoms with Crippen LogP contribution in [0.25, 0.3) is 21.7 Å². The molecule has 0 spiro atoms. The molecule has 2 aromatic heterocycles. The van der Waals surface area contributed by atoms with Crippen LogP contribution in [0.1, 0.15) is 30.3 Å². The highest BCUT2D eigenvalue weighted by atomic mass is 16.3. The van der Waals surface area contributed by atoms with E-state index in [4.69, 9.17) is 0 Å². The summed E-state index contributed by atoms with van der Waals surface area (Å²) >= 11 is 0. The smallest absolute Gasteiger partial charge is 0.316 e. The lowest BCUT2D eigenvalue weighted by Crippen LogP contribution is -2.25. The first kappa shape index (κ1) is 18.5. The molecule has 0 atom stereocenters. The van der Waals surface area contributed by atoms with Crippen molar-refractivity contribution in [3.05, 3.63) is 64.6 Å². The molecule has 0 aliphatic rings. The number of unbranched alkanes of at least 4 members (excludes halogenated alkanes) is 1. The highest BCUT2D eigenvalue weighted by Crippen LogP contribution is 2.35. The summed E-state index contributed by atoms with van der Waals surface area (Å²) < 4.78 is 1.30. The largest absolute Gasteiger partial charge is 0.493 e. The second kappa shape index (κ2) is 7.67. The minimum absolute atomic E-state index is 0.0550. The number of H-pyrrole nitrogens is 1. The Balaban J connectivity index is 1.78. The molecule has 2 N–H and O–H groups in total. The van der Waals surface area contributed by atoms with Crippen molar-refractivity contribution in [2.75, 3.05) is 0 Å². The molecule has 8 heteroatoms. The first-order chi connectivity index (χ1) is 14.1. The average Bonchev–Trinajstić information content (AvgIpc) is 3.06. The average molecular weight is 389 g/mol. The van der Waals surface area contributed by atoms with E-state index in [-0.39, 0.29) is 22.8 Å². The van der Waals surface area contributed by atoms with E-state index in [9.17, 15) is 14.7 Å². The van der Waals surface area contributed by atoms with E-state index in [1.54, 1.807) is 42.5 Å². The van der Waals surface area contributed by atoms with Gasteiger partial charge in [0.25, 0.3) is 5.56 Å². The molecule has 0 radical (unpaired) electrons. The van der Waals surface area contributed by atoms with Gasteiger partial charge in [-0.05, 0) is 18.6 Å². The van der Waals surface area contributed by atoms with Gasteiger partial charge in [-0.15, -0.1) is 10.2 Å². The molecule has 2 aromatic carbocycles. The lowest BCUT2D eigenvalue weighted by atomic mass is 10.1. The normalized spacial score (nSPS) is 11.6. The standard InChI is InChI=1S/C21H19N5O3/c1-2-3-12-26-21(29)14-9-5-4-8-13(14)18(25-26)20(28)24-23-17-15-10-6-7-11-16(15)22-19(17)27/h4-11,22,27H,2-3,12H2,1H3. The maximum Gasteiger partial charge on any atom is 0.316 e. The summed E-state index contributed by atoms with van der Waals surface area (Å²) in [5, 5.41) is 23.6. The zero-order valence-electron chi connectivity index (χ0n) is 15.8. The number of aromatic nitrogens is 3. The van der Waals surface area contributed by atoms with E-state index in [2.05, 4.69) is 20.3 Å². The number of carbonyl (C=O) groups excluding carboxylic acids is 1. The van der Waals surface area contributed by atoms with Crippen LogP contribution in [0.15, 0.2) is 63.6 Å². The van der Waals surface area contributed by atoms with E-state index in [1.165, 1.54) is 4.68 Å². The SMILES string of the molecule is CCCCn1nc(C(=O)N=Nc2c(O)[nH]c3ccccc23)c2ccccc2c1=O. The molecule has 2 heterocycles. The summed E-state index contributed by atoms with van der Waals surface area (Å²) in [4.78, 5) is 28.2. The van der Waals surface area contributed by atoms with Gasteiger partial charge in [0.15, 0.2) is 11.4 Å². The van der Waals surface area contributed by atoms with Gasteiger partial charge in [0.2, 0.25) is 5.88 Å². The highest BCUT2D eigenvalue weighted by Gasteiger charge is 2.17. The number of carbonyl (C=O) groups is 1. The number of hydrogen-bond acceptors (Lipinski definition) is 5. The van der Waals surface area contributed by atoms with Gasteiger partial charge in [-0.2, -0.15) is 5.10 Å². The lowest BCUT2D eigenvalue weighted by Gasteiger charge is -2.08. The third-order valence-corrected chi connectivity index (χ3v) is 4.69. The molecule has 29 heavy (non-hydrogen) atoms. The zero-order chi connectivity index (χ0) is 20.4. The number of azo groups is 1. The molecular formula is C21H19N5O3. The van der Waals surface area contributed by atoms with Crippen molar-refractivity contribution >= 4 is 33.3 Å². The number of aromatic amines is 1. The van der Waals surface area contributed by atoms with Crippen LogP contribution in [0.4, 0.5) is 5.69 Å². The molecule has 0 saturated heterocycles. The Bertz CT molecular complexity index is 1300. The molecule has 0 aliphatic heterocycles. The number of nitrogens with zero attached hydrogens (tertiary/aromatic N) is 4. The number of nitrogens with one attached hydrogen (secondary N) is 1. The summed E-state index contributed by atoms with van der Waals surface area (Å²) in [5.74, 6) is -0.857. The van der Waals surface area contributed by atoms with Crippen LogP contribution < -0.4 is 5.56 Å². The Morgan fingerprint density at radius 3 is 2.55 bits per heavy atom. The number of benzene rings is 2. The zero-order valence-corrected chi connectivity index (χ0v) is 15.8. The number of fused-ring (bicyclic) bond motifs is 2. The highest BCUT2D eigenvalue weighted by molar-refractivity contribution is 6.05. The minimum atomic E-state index is -0.684. The molecule has 0 fully saturated rings. The van der Waals surface area contributed by atoms with E-state index in [0.717, 1.165) is 12.8 Å². The van der Waals surface area contributed by atoms with Crippen molar-refractivity contribution in [3.63, 3.8) is 0 Å². The molecular weight excluding hydrogens is 370 g/mol. The Morgan fingerprint density at radius 1 is 1.10 bits per heavy atom. The summed E-state index contributed by atoms with van der Waals surface area (Å²) in [7, 11) is 0. The van der Waals surface area contributed by atoms with Gasteiger partial charge >= 0.3 is 5.91 Å². The predicted molar refractivity (Wildman–Crippen MR) is 110 cm³/mol. The quantitative estimate of drug-likeness (QED) is 0.495. The molecule has 0 unspecified atom stereocenters. The fraction of sp³-hybridized carbons (Fsp3) is 0.190. The number of aromatic hydroxyl groups is 1. The number of aryl methyl sites for hydroxylation is 1. The van der Waals surface area contributed by atoms with Crippen LogP contribution in [-0.2, 0) is 6.54 Å². The van der Waals surface area contributed by atoms with Crippen LogP contribution in [0, 0.1) is 0 Å². The maximum atomic E-state index is 12.8. The van der Waals surface area contributed by atoms with Gasteiger partial charge in [0, 0.05) is 17.3 Å². The van der Waals surface area contributed by atoms with Crippen molar-refractivity contribution in [3.8, 4) is 5.88 Å². The minimum Gasteiger partial charge on any atom is -0.493 e.